The summed E-state index contributed by atoms with van der Waals surface area (Å²) in [4.78, 5) is 13.1. The van der Waals surface area contributed by atoms with Gasteiger partial charge in [-0.15, -0.1) is 11.6 Å². The standard InChI is InChI=1S/C20H18ClNO2/c1-2-24-20-17(19(23)13-8-4-3-5-9-13)16(12-22)14-10-6-7-11-15(14)18(20)21/h3-11,16-18,20H,2H2,1H3/t16-,17-,18-,20+/m0/s1. The number of ketones is 1. The first-order chi connectivity index (χ1) is 11.7. The summed E-state index contributed by atoms with van der Waals surface area (Å²) in [7, 11) is 0. The minimum atomic E-state index is -0.616. The van der Waals surface area contributed by atoms with Crippen LogP contribution in [0.3, 0.4) is 0 Å². The summed E-state index contributed by atoms with van der Waals surface area (Å²) in [5.41, 5.74) is 2.28. The van der Waals surface area contributed by atoms with Crippen LogP contribution in [0.4, 0.5) is 0 Å². The van der Waals surface area contributed by atoms with E-state index in [4.69, 9.17) is 16.3 Å². The number of alkyl halides is 1. The molecule has 2 aromatic rings. The number of benzene rings is 2. The highest BCUT2D eigenvalue weighted by Gasteiger charge is 2.46. The van der Waals surface area contributed by atoms with Gasteiger partial charge >= 0.3 is 0 Å². The van der Waals surface area contributed by atoms with Crippen LogP contribution in [0, 0.1) is 17.2 Å². The van der Waals surface area contributed by atoms with Crippen molar-refractivity contribution in [2.75, 3.05) is 6.61 Å². The number of carbonyl (C=O) groups excluding carboxylic acids is 1. The highest BCUT2D eigenvalue weighted by Crippen LogP contribution is 2.46. The van der Waals surface area contributed by atoms with Crippen LogP contribution in [0.15, 0.2) is 54.6 Å². The van der Waals surface area contributed by atoms with Crippen LogP contribution in [0.1, 0.15) is 39.7 Å². The maximum Gasteiger partial charge on any atom is 0.170 e. The number of halogens is 1. The van der Waals surface area contributed by atoms with Gasteiger partial charge < -0.3 is 4.74 Å². The molecule has 2 aromatic carbocycles. The molecule has 122 valence electrons. The van der Waals surface area contributed by atoms with Crippen LogP contribution in [0.25, 0.3) is 0 Å². The van der Waals surface area contributed by atoms with E-state index in [0.717, 1.165) is 11.1 Å². The maximum atomic E-state index is 13.1. The lowest BCUT2D eigenvalue weighted by Crippen LogP contribution is -2.42. The SMILES string of the molecule is CCO[C@@H]1[C@H](C(=O)c2ccccc2)[C@@H](C#N)c2ccccc2[C@@H]1Cl. The molecule has 0 fully saturated rings. The van der Waals surface area contributed by atoms with Gasteiger partial charge in [0.1, 0.15) is 0 Å². The molecular formula is C20H18ClNO2. The average molecular weight is 340 g/mol. The van der Waals surface area contributed by atoms with Crippen molar-refractivity contribution in [2.24, 2.45) is 5.92 Å². The largest absolute Gasteiger partial charge is 0.376 e. The van der Waals surface area contributed by atoms with Crippen molar-refractivity contribution in [3.8, 4) is 6.07 Å². The number of fused-ring (bicyclic) bond motifs is 1. The second kappa shape index (κ2) is 7.17. The molecule has 0 bridgehead atoms. The first-order valence-electron chi connectivity index (χ1n) is 8.02. The summed E-state index contributed by atoms with van der Waals surface area (Å²) in [6.07, 6.45) is -0.524. The molecule has 0 spiro atoms. The molecule has 0 unspecified atom stereocenters. The number of hydrogen-bond acceptors (Lipinski definition) is 3. The molecule has 0 radical (unpaired) electrons. The number of Topliss-reactive ketones (excluding diaryl/α,β-unsaturated/α-hetero) is 1. The summed E-state index contributed by atoms with van der Waals surface area (Å²) in [5.74, 6) is -1.28. The van der Waals surface area contributed by atoms with Gasteiger partial charge in [0.2, 0.25) is 0 Å². The Hall–Kier alpha value is -2.15. The van der Waals surface area contributed by atoms with Crippen LogP contribution in [0.5, 0.6) is 0 Å². The molecule has 3 rings (SSSR count). The number of rotatable bonds is 4. The lowest BCUT2D eigenvalue weighted by molar-refractivity contribution is 0.0101. The Bertz CT molecular complexity index is 769. The Morgan fingerprint density at radius 1 is 1.12 bits per heavy atom. The zero-order valence-electron chi connectivity index (χ0n) is 13.4. The van der Waals surface area contributed by atoms with Crippen molar-refractivity contribution in [3.63, 3.8) is 0 Å². The van der Waals surface area contributed by atoms with E-state index in [1.807, 2.05) is 49.4 Å². The first-order valence-corrected chi connectivity index (χ1v) is 8.46. The normalized spacial score (nSPS) is 25.5. The van der Waals surface area contributed by atoms with E-state index in [1.54, 1.807) is 12.1 Å². The summed E-state index contributed by atoms with van der Waals surface area (Å²) in [6.45, 7) is 2.31. The molecule has 0 saturated carbocycles. The molecule has 4 heteroatoms. The highest BCUT2D eigenvalue weighted by atomic mass is 35.5. The molecule has 0 amide bonds. The van der Waals surface area contributed by atoms with E-state index in [2.05, 4.69) is 6.07 Å². The third kappa shape index (κ3) is 2.84. The van der Waals surface area contributed by atoms with Crippen LogP contribution in [-0.4, -0.2) is 18.5 Å². The summed E-state index contributed by atoms with van der Waals surface area (Å²) >= 11 is 6.65. The zero-order valence-corrected chi connectivity index (χ0v) is 14.1. The Kier molecular flexibility index (Phi) is 4.99. The van der Waals surface area contributed by atoms with E-state index >= 15 is 0 Å². The summed E-state index contributed by atoms with van der Waals surface area (Å²) < 4.78 is 5.84. The van der Waals surface area contributed by atoms with Crippen molar-refractivity contribution in [2.45, 2.75) is 24.3 Å². The Morgan fingerprint density at radius 3 is 2.38 bits per heavy atom. The summed E-state index contributed by atoms with van der Waals surface area (Å²) in [6, 6.07) is 18.9. The Balaban J connectivity index is 2.11. The maximum absolute atomic E-state index is 13.1. The molecule has 1 aliphatic rings. The number of nitriles is 1. The fraction of sp³-hybridized carbons (Fsp3) is 0.300. The van der Waals surface area contributed by atoms with E-state index in [1.165, 1.54) is 0 Å². The van der Waals surface area contributed by atoms with Gasteiger partial charge in [-0.2, -0.15) is 5.26 Å². The molecule has 3 nitrogen and oxygen atoms in total. The molecule has 0 N–H and O–H groups in total. The smallest absolute Gasteiger partial charge is 0.170 e. The topological polar surface area (TPSA) is 50.1 Å². The van der Waals surface area contributed by atoms with Crippen LogP contribution in [-0.2, 0) is 4.74 Å². The highest BCUT2D eigenvalue weighted by molar-refractivity contribution is 6.22. The van der Waals surface area contributed by atoms with Gasteiger partial charge in [0.25, 0.3) is 0 Å². The number of carbonyl (C=O) groups is 1. The lowest BCUT2D eigenvalue weighted by Gasteiger charge is -2.38. The second-order valence-corrected chi connectivity index (χ2v) is 6.28. The van der Waals surface area contributed by atoms with E-state index in [-0.39, 0.29) is 5.78 Å². The predicted octanol–water partition coefficient (Wildman–Crippen LogP) is 4.49. The van der Waals surface area contributed by atoms with Gasteiger partial charge in [0.05, 0.1) is 29.4 Å². The van der Waals surface area contributed by atoms with Crippen molar-refractivity contribution in [1.29, 1.82) is 5.26 Å². The molecular weight excluding hydrogens is 322 g/mol. The zero-order chi connectivity index (χ0) is 17.1. The van der Waals surface area contributed by atoms with Crippen molar-refractivity contribution >= 4 is 17.4 Å². The molecule has 4 atom stereocenters. The molecule has 24 heavy (non-hydrogen) atoms. The number of hydrogen-bond donors (Lipinski definition) is 0. The fourth-order valence-electron chi connectivity index (χ4n) is 3.41. The van der Waals surface area contributed by atoms with Crippen LogP contribution >= 0.6 is 11.6 Å². The second-order valence-electron chi connectivity index (χ2n) is 5.81. The van der Waals surface area contributed by atoms with Gasteiger partial charge in [-0.05, 0) is 18.1 Å². The minimum Gasteiger partial charge on any atom is -0.376 e. The van der Waals surface area contributed by atoms with Gasteiger partial charge in [0, 0.05) is 12.2 Å². The third-order valence-electron chi connectivity index (χ3n) is 4.49. The van der Waals surface area contributed by atoms with Gasteiger partial charge in [-0.1, -0.05) is 54.6 Å². The van der Waals surface area contributed by atoms with Crippen molar-refractivity contribution < 1.29 is 9.53 Å². The third-order valence-corrected chi connectivity index (χ3v) is 4.97. The Labute approximate surface area is 146 Å². The number of ether oxygens (including phenoxy) is 1. The van der Waals surface area contributed by atoms with Gasteiger partial charge in [-0.25, -0.2) is 0 Å². The van der Waals surface area contributed by atoms with E-state index in [9.17, 15) is 10.1 Å². The summed E-state index contributed by atoms with van der Waals surface area (Å²) in [5, 5.41) is 9.32. The minimum absolute atomic E-state index is 0.0965. The van der Waals surface area contributed by atoms with Crippen LogP contribution in [0.2, 0.25) is 0 Å². The molecule has 0 aliphatic heterocycles. The van der Waals surface area contributed by atoms with Crippen molar-refractivity contribution in [1.82, 2.24) is 0 Å². The predicted molar refractivity (Wildman–Crippen MR) is 93.1 cm³/mol. The van der Waals surface area contributed by atoms with E-state index < -0.39 is 23.3 Å². The molecule has 0 heterocycles. The monoisotopic (exact) mass is 339 g/mol. The average Bonchev–Trinajstić information content (AvgIpc) is 2.64. The molecule has 1 aliphatic carbocycles. The van der Waals surface area contributed by atoms with Crippen molar-refractivity contribution in [3.05, 3.63) is 71.3 Å². The molecule has 0 aromatic heterocycles. The first kappa shape index (κ1) is 16.7. The quantitative estimate of drug-likeness (QED) is 0.609. The fourth-order valence-corrected chi connectivity index (χ4v) is 3.84. The Morgan fingerprint density at radius 2 is 1.75 bits per heavy atom. The lowest BCUT2D eigenvalue weighted by atomic mass is 9.70. The number of nitrogens with zero attached hydrogens (tertiary/aromatic N) is 1. The molecule has 0 saturated heterocycles. The van der Waals surface area contributed by atoms with Crippen LogP contribution < -0.4 is 0 Å². The van der Waals surface area contributed by atoms with Gasteiger partial charge in [0.15, 0.2) is 5.78 Å². The van der Waals surface area contributed by atoms with Gasteiger partial charge in [-0.3, -0.25) is 4.79 Å². The van der Waals surface area contributed by atoms with E-state index in [0.29, 0.717) is 12.2 Å².